The molecule has 0 amide bonds. The molecule has 1 saturated heterocycles. The van der Waals surface area contributed by atoms with Crippen molar-refractivity contribution in [2.75, 3.05) is 18.0 Å². The highest BCUT2D eigenvalue weighted by atomic mass is 35.5. The van der Waals surface area contributed by atoms with Gasteiger partial charge in [0.25, 0.3) is 0 Å². The molecule has 0 aliphatic carbocycles. The number of anilines is 1. The Bertz CT molecular complexity index is 810. The monoisotopic (exact) mass is 391 g/mol. The van der Waals surface area contributed by atoms with Gasteiger partial charge in [0, 0.05) is 35.7 Å². The van der Waals surface area contributed by atoms with Crippen LogP contribution in [0.5, 0.6) is 0 Å². The zero-order valence-electron chi connectivity index (χ0n) is 12.3. The Morgan fingerprint density at radius 2 is 2.13 bits per heavy atom. The molecule has 9 heteroatoms. The van der Waals surface area contributed by atoms with E-state index in [1.165, 1.54) is 12.1 Å². The van der Waals surface area contributed by atoms with Crippen molar-refractivity contribution in [3.05, 3.63) is 39.3 Å². The first-order valence-electron chi connectivity index (χ1n) is 6.99. The number of hydrogen-bond acceptors (Lipinski definition) is 5. The van der Waals surface area contributed by atoms with Crippen molar-refractivity contribution in [1.82, 2.24) is 9.71 Å². The second kappa shape index (κ2) is 6.57. The lowest BCUT2D eigenvalue weighted by atomic mass is 10.2. The zero-order chi connectivity index (χ0) is 16.6. The predicted molar refractivity (Wildman–Crippen MR) is 94.3 cm³/mol. The quantitative estimate of drug-likeness (QED) is 0.867. The average Bonchev–Trinajstić information content (AvgIpc) is 3.12. The van der Waals surface area contributed by atoms with Crippen LogP contribution in [-0.4, -0.2) is 32.5 Å². The van der Waals surface area contributed by atoms with Gasteiger partial charge in [-0.05, 0) is 31.0 Å². The van der Waals surface area contributed by atoms with E-state index in [4.69, 9.17) is 23.2 Å². The molecule has 1 aliphatic rings. The molecule has 2 heterocycles. The van der Waals surface area contributed by atoms with Crippen molar-refractivity contribution >= 4 is 49.7 Å². The molecule has 1 unspecified atom stereocenters. The summed E-state index contributed by atoms with van der Waals surface area (Å²) in [6.07, 6.45) is 2.47. The maximum absolute atomic E-state index is 12.6. The number of aromatic nitrogens is 1. The van der Waals surface area contributed by atoms with Crippen LogP contribution in [0.1, 0.15) is 12.0 Å². The SMILES string of the molecule is Cc1cc(S(=O)(=O)NC2CCN(c3nccs3)C2)c(Cl)cc1Cl. The van der Waals surface area contributed by atoms with Crippen LogP contribution in [0.15, 0.2) is 28.6 Å². The Morgan fingerprint density at radius 3 is 2.83 bits per heavy atom. The first-order valence-corrected chi connectivity index (χ1v) is 10.1. The van der Waals surface area contributed by atoms with E-state index in [2.05, 4.69) is 14.6 Å². The second-order valence-corrected chi connectivity index (χ2v) is 8.77. The minimum absolute atomic E-state index is 0.0637. The van der Waals surface area contributed by atoms with Gasteiger partial charge < -0.3 is 4.90 Å². The number of hydrogen-bond donors (Lipinski definition) is 1. The average molecular weight is 392 g/mol. The second-order valence-electron chi connectivity index (χ2n) is 5.40. The molecule has 0 spiro atoms. The highest BCUT2D eigenvalue weighted by molar-refractivity contribution is 7.89. The van der Waals surface area contributed by atoms with E-state index in [1.807, 2.05) is 5.38 Å². The molecule has 0 radical (unpaired) electrons. The van der Waals surface area contributed by atoms with Gasteiger partial charge in [0.05, 0.1) is 5.02 Å². The predicted octanol–water partition coefficient (Wildman–Crippen LogP) is 3.32. The van der Waals surface area contributed by atoms with Crippen LogP contribution in [0.2, 0.25) is 10.0 Å². The third-order valence-corrected chi connectivity index (χ3v) is 6.93. The summed E-state index contributed by atoms with van der Waals surface area (Å²) in [6, 6.07) is 2.79. The highest BCUT2D eigenvalue weighted by Crippen LogP contribution is 2.29. The van der Waals surface area contributed by atoms with Gasteiger partial charge in [-0.2, -0.15) is 0 Å². The van der Waals surface area contributed by atoms with E-state index >= 15 is 0 Å². The minimum atomic E-state index is -3.69. The van der Waals surface area contributed by atoms with Crippen molar-refractivity contribution in [3.63, 3.8) is 0 Å². The number of rotatable bonds is 4. The molecule has 1 N–H and O–H groups in total. The van der Waals surface area contributed by atoms with Gasteiger partial charge in [0.2, 0.25) is 10.0 Å². The molecule has 23 heavy (non-hydrogen) atoms. The Kier molecular flexibility index (Phi) is 4.85. The third-order valence-electron chi connectivity index (χ3n) is 3.70. The first kappa shape index (κ1) is 17.0. The molecular weight excluding hydrogens is 377 g/mol. The topological polar surface area (TPSA) is 62.3 Å². The molecule has 1 atom stereocenters. The molecule has 2 aromatic rings. The van der Waals surface area contributed by atoms with E-state index in [-0.39, 0.29) is 16.0 Å². The summed E-state index contributed by atoms with van der Waals surface area (Å²) in [5.74, 6) is 0. The Morgan fingerprint density at radius 1 is 1.35 bits per heavy atom. The molecular formula is C14H15Cl2N3O2S2. The summed E-state index contributed by atoms with van der Waals surface area (Å²) in [5.41, 5.74) is 0.673. The lowest BCUT2D eigenvalue weighted by molar-refractivity contribution is 0.561. The van der Waals surface area contributed by atoms with Crippen molar-refractivity contribution in [2.24, 2.45) is 0 Å². The van der Waals surface area contributed by atoms with E-state index in [0.29, 0.717) is 17.1 Å². The number of nitrogens with zero attached hydrogens (tertiary/aromatic N) is 2. The fourth-order valence-electron chi connectivity index (χ4n) is 2.52. The molecule has 5 nitrogen and oxygen atoms in total. The van der Waals surface area contributed by atoms with Crippen LogP contribution in [0.25, 0.3) is 0 Å². The normalized spacial score (nSPS) is 18.6. The molecule has 1 aliphatic heterocycles. The van der Waals surface area contributed by atoms with E-state index in [1.54, 1.807) is 24.5 Å². The lowest BCUT2D eigenvalue weighted by Gasteiger charge is -2.16. The summed E-state index contributed by atoms with van der Waals surface area (Å²) in [6.45, 7) is 3.11. The number of nitrogens with one attached hydrogen (secondary N) is 1. The zero-order valence-corrected chi connectivity index (χ0v) is 15.4. The number of sulfonamides is 1. The van der Waals surface area contributed by atoms with Gasteiger partial charge in [-0.3, -0.25) is 0 Å². The number of halogens is 2. The largest absolute Gasteiger partial charge is 0.346 e. The van der Waals surface area contributed by atoms with Crippen LogP contribution in [0.4, 0.5) is 5.13 Å². The van der Waals surface area contributed by atoms with Gasteiger partial charge >= 0.3 is 0 Å². The van der Waals surface area contributed by atoms with Gasteiger partial charge in [0.1, 0.15) is 4.90 Å². The smallest absolute Gasteiger partial charge is 0.242 e. The van der Waals surface area contributed by atoms with E-state index in [9.17, 15) is 8.42 Å². The molecule has 0 saturated carbocycles. The Labute approximate surface area is 149 Å². The van der Waals surface area contributed by atoms with Gasteiger partial charge in [0.15, 0.2) is 5.13 Å². The van der Waals surface area contributed by atoms with Crippen LogP contribution < -0.4 is 9.62 Å². The van der Waals surface area contributed by atoms with Gasteiger partial charge in [-0.25, -0.2) is 18.1 Å². The Balaban J connectivity index is 1.76. The van der Waals surface area contributed by atoms with Crippen LogP contribution in [0, 0.1) is 6.92 Å². The molecule has 0 bridgehead atoms. The number of aryl methyl sites for hydroxylation is 1. The summed E-state index contributed by atoms with van der Waals surface area (Å²) < 4.78 is 27.9. The van der Waals surface area contributed by atoms with Crippen molar-refractivity contribution in [3.8, 4) is 0 Å². The first-order chi connectivity index (χ1) is 10.9. The fraction of sp³-hybridized carbons (Fsp3) is 0.357. The highest BCUT2D eigenvalue weighted by Gasteiger charge is 2.29. The van der Waals surface area contributed by atoms with E-state index < -0.39 is 10.0 Å². The number of thiazole rings is 1. The molecule has 1 fully saturated rings. The minimum Gasteiger partial charge on any atom is -0.346 e. The summed E-state index contributed by atoms with van der Waals surface area (Å²) in [5, 5.41) is 3.39. The third kappa shape index (κ3) is 3.64. The van der Waals surface area contributed by atoms with Crippen molar-refractivity contribution in [2.45, 2.75) is 24.3 Å². The number of benzene rings is 1. The van der Waals surface area contributed by atoms with Crippen LogP contribution in [0.3, 0.4) is 0 Å². The van der Waals surface area contributed by atoms with Gasteiger partial charge in [-0.1, -0.05) is 23.2 Å². The van der Waals surface area contributed by atoms with Crippen LogP contribution in [-0.2, 0) is 10.0 Å². The maximum Gasteiger partial charge on any atom is 0.242 e. The lowest BCUT2D eigenvalue weighted by Crippen LogP contribution is -2.37. The summed E-state index contributed by atoms with van der Waals surface area (Å²) in [7, 11) is -3.69. The fourth-order valence-corrected chi connectivity index (χ4v) is 5.30. The van der Waals surface area contributed by atoms with Gasteiger partial charge in [-0.15, -0.1) is 11.3 Å². The molecule has 3 rings (SSSR count). The summed E-state index contributed by atoms with van der Waals surface area (Å²) in [4.78, 5) is 6.39. The molecule has 1 aromatic carbocycles. The maximum atomic E-state index is 12.6. The molecule has 124 valence electrons. The van der Waals surface area contributed by atoms with Crippen molar-refractivity contribution in [1.29, 1.82) is 0 Å². The standard InChI is InChI=1S/C14H15Cl2N3O2S2/c1-9-6-13(12(16)7-11(9)15)23(20,21)18-10-2-4-19(8-10)14-17-3-5-22-14/h3,5-7,10,18H,2,4,8H2,1H3. The van der Waals surface area contributed by atoms with Crippen LogP contribution >= 0.6 is 34.5 Å². The van der Waals surface area contributed by atoms with E-state index in [0.717, 1.165) is 18.1 Å². The Hall–Kier alpha value is -0.860. The van der Waals surface area contributed by atoms with Crippen molar-refractivity contribution < 1.29 is 8.42 Å². The molecule has 1 aromatic heterocycles. The summed E-state index contributed by atoms with van der Waals surface area (Å²) >= 11 is 13.6.